The average Bonchev–Trinajstić information content (AvgIpc) is 2.81. The smallest absolute Gasteiger partial charge is 0.145 e. The molecular weight excluding hydrogens is 231 g/mol. The van der Waals surface area contributed by atoms with Crippen molar-refractivity contribution < 1.29 is 9.13 Å². The summed E-state index contributed by atoms with van der Waals surface area (Å²) in [5.74, 6) is 0.591. The minimum atomic E-state index is -0.353. The number of benzene rings is 2. The van der Waals surface area contributed by atoms with Crippen molar-refractivity contribution in [1.29, 1.82) is 0 Å². The standard InChI is InChI=1S/C14H11FN2O/c1-18-12-8-4-5-9(15)13(12)14-16-10-6-2-3-7-11(10)17-14/h2-8H,1H3,(H,16,17). The van der Waals surface area contributed by atoms with Crippen molar-refractivity contribution >= 4 is 11.0 Å². The van der Waals surface area contributed by atoms with Crippen LogP contribution in [0.4, 0.5) is 4.39 Å². The van der Waals surface area contributed by atoms with Crippen LogP contribution in [0.15, 0.2) is 42.5 Å². The van der Waals surface area contributed by atoms with E-state index in [4.69, 9.17) is 4.74 Å². The second-order valence-corrected chi connectivity index (χ2v) is 3.92. The molecule has 1 aromatic heterocycles. The zero-order chi connectivity index (χ0) is 12.5. The van der Waals surface area contributed by atoms with E-state index in [0.29, 0.717) is 17.1 Å². The number of rotatable bonds is 2. The summed E-state index contributed by atoms with van der Waals surface area (Å²) >= 11 is 0. The van der Waals surface area contributed by atoms with Crippen LogP contribution in [-0.2, 0) is 0 Å². The van der Waals surface area contributed by atoms with E-state index in [2.05, 4.69) is 9.97 Å². The predicted molar refractivity (Wildman–Crippen MR) is 68.0 cm³/mol. The average molecular weight is 242 g/mol. The molecule has 0 spiro atoms. The monoisotopic (exact) mass is 242 g/mol. The van der Waals surface area contributed by atoms with Crippen LogP contribution in [0.2, 0.25) is 0 Å². The molecule has 0 aliphatic carbocycles. The molecule has 0 unspecified atom stereocenters. The summed E-state index contributed by atoms with van der Waals surface area (Å²) in [5.41, 5.74) is 2.03. The molecule has 90 valence electrons. The first-order valence-corrected chi connectivity index (χ1v) is 5.57. The maximum Gasteiger partial charge on any atom is 0.145 e. The van der Waals surface area contributed by atoms with Crippen molar-refractivity contribution in [2.24, 2.45) is 0 Å². The van der Waals surface area contributed by atoms with E-state index in [0.717, 1.165) is 11.0 Å². The molecule has 0 fully saturated rings. The van der Waals surface area contributed by atoms with E-state index in [-0.39, 0.29) is 5.82 Å². The lowest BCUT2D eigenvalue weighted by molar-refractivity contribution is 0.413. The number of hydrogen-bond donors (Lipinski definition) is 1. The minimum absolute atomic E-state index is 0.353. The lowest BCUT2D eigenvalue weighted by atomic mass is 10.2. The number of imidazole rings is 1. The highest BCUT2D eigenvalue weighted by Crippen LogP contribution is 2.31. The van der Waals surface area contributed by atoms with Crippen molar-refractivity contribution in [2.45, 2.75) is 0 Å². The van der Waals surface area contributed by atoms with Crippen LogP contribution >= 0.6 is 0 Å². The van der Waals surface area contributed by atoms with Gasteiger partial charge in [0.25, 0.3) is 0 Å². The SMILES string of the molecule is COc1cccc(F)c1-c1nc2ccccc2[nH]1. The van der Waals surface area contributed by atoms with Gasteiger partial charge in [0.15, 0.2) is 0 Å². The van der Waals surface area contributed by atoms with Gasteiger partial charge in [0.2, 0.25) is 0 Å². The first-order chi connectivity index (χ1) is 8.79. The number of H-pyrrole nitrogens is 1. The first-order valence-electron chi connectivity index (χ1n) is 5.57. The molecule has 0 amide bonds. The van der Waals surface area contributed by atoms with Crippen LogP contribution in [0.1, 0.15) is 0 Å². The van der Waals surface area contributed by atoms with Crippen molar-refractivity contribution in [1.82, 2.24) is 9.97 Å². The van der Waals surface area contributed by atoms with Crippen LogP contribution in [0.5, 0.6) is 5.75 Å². The number of halogens is 1. The van der Waals surface area contributed by atoms with Gasteiger partial charge < -0.3 is 9.72 Å². The summed E-state index contributed by atoms with van der Waals surface area (Å²) in [4.78, 5) is 7.47. The molecule has 0 bridgehead atoms. The van der Waals surface area contributed by atoms with Crippen LogP contribution in [0.3, 0.4) is 0 Å². The molecule has 1 heterocycles. The molecule has 0 saturated carbocycles. The number of nitrogens with one attached hydrogen (secondary N) is 1. The molecule has 4 heteroatoms. The van der Waals surface area contributed by atoms with Crippen LogP contribution in [0, 0.1) is 5.82 Å². The predicted octanol–water partition coefficient (Wildman–Crippen LogP) is 3.38. The minimum Gasteiger partial charge on any atom is -0.496 e. The van der Waals surface area contributed by atoms with E-state index in [1.165, 1.54) is 13.2 Å². The van der Waals surface area contributed by atoms with Gasteiger partial charge in [0.1, 0.15) is 17.4 Å². The Hall–Kier alpha value is -2.36. The summed E-state index contributed by atoms with van der Waals surface area (Å²) in [6.45, 7) is 0. The molecule has 18 heavy (non-hydrogen) atoms. The van der Waals surface area contributed by atoms with Gasteiger partial charge in [-0.25, -0.2) is 9.37 Å². The van der Waals surface area contributed by atoms with E-state index in [1.54, 1.807) is 12.1 Å². The maximum atomic E-state index is 13.9. The lowest BCUT2D eigenvalue weighted by Gasteiger charge is -2.06. The quantitative estimate of drug-likeness (QED) is 0.748. The summed E-state index contributed by atoms with van der Waals surface area (Å²) in [7, 11) is 1.51. The molecule has 1 N–H and O–H groups in total. The highest BCUT2D eigenvalue weighted by atomic mass is 19.1. The second-order valence-electron chi connectivity index (χ2n) is 3.92. The Morgan fingerprint density at radius 3 is 2.72 bits per heavy atom. The Labute approximate surface area is 103 Å². The number of para-hydroxylation sites is 2. The van der Waals surface area contributed by atoms with Gasteiger partial charge in [0, 0.05) is 0 Å². The second kappa shape index (κ2) is 4.14. The maximum absolute atomic E-state index is 13.9. The number of fused-ring (bicyclic) bond motifs is 1. The lowest BCUT2D eigenvalue weighted by Crippen LogP contribution is -1.92. The normalized spacial score (nSPS) is 10.8. The summed E-state index contributed by atoms with van der Waals surface area (Å²) in [5, 5.41) is 0. The van der Waals surface area contributed by atoms with Gasteiger partial charge in [-0.1, -0.05) is 18.2 Å². The first kappa shape index (κ1) is 10.8. The topological polar surface area (TPSA) is 37.9 Å². The molecule has 2 aromatic carbocycles. The number of aromatic nitrogens is 2. The number of hydrogen-bond acceptors (Lipinski definition) is 2. The fourth-order valence-corrected chi connectivity index (χ4v) is 1.98. The summed E-state index contributed by atoms with van der Waals surface area (Å²) in [6, 6.07) is 12.3. The number of aromatic amines is 1. The third-order valence-corrected chi connectivity index (χ3v) is 2.82. The Morgan fingerprint density at radius 1 is 1.11 bits per heavy atom. The molecule has 0 radical (unpaired) electrons. The molecule has 0 saturated heterocycles. The van der Waals surface area contributed by atoms with Crippen molar-refractivity contribution in [3.05, 3.63) is 48.3 Å². The van der Waals surface area contributed by atoms with Gasteiger partial charge in [-0.2, -0.15) is 0 Å². The van der Waals surface area contributed by atoms with Gasteiger partial charge in [-0.3, -0.25) is 0 Å². The highest BCUT2D eigenvalue weighted by Gasteiger charge is 2.15. The number of nitrogens with zero attached hydrogens (tertiary/aromatic N) is 1. The van der Waals surface area contributed by atoms with E-state index < -0.39 is 0 Å². The zero-order valence-corrected chi connectivity index (χ0v) is 9.77. The van der Waals surface area contributed by atoms with Crippen LogP contribution in [-0.4, -0.2) is 17.1 Å². The van der Waals surface area contributed by atoms with Crippen molar-refractivity contribution in [3.63, 3.8) is 0 Å². The zero-order valence-electron chi connectivity index (χ0n) is 9.77. The summed E-state index contributed by atoms with van der Waals surface area (Å²) in [6.07, 6.45) is 0. The van der Waals surface area contributed by atoms with Crippen LogP contribution < -0.4 is 4.74 Å². The fraction of sp³-hybridized carbons (Fsp3) is 0.0714. The number of ether oxygens (including phenoxy) is 1. The van der Waals surface area contributed by atoms with E-state index >= 15 is 0 Å². The summed E-state index contributed by atoms with van der Waals surface area (Å²) < 4.78 is 19.1. The highest BCUT2D eigenvalue weighted by molar-refractivity contribution is 5.80. The molecule has 3 nitrogen and oxygen atoms in total. The molecule has 3 rings (SSSR count). The Kier molecular flexibility index (Phi) is 2.48. The van der Waals surface area contributed by atoms with Gasteiger partial charge in [-0.05, 0) is 24.3 Å². The molecular formula is C14H11FN2O. The molecule has 0 aliphatic heterocycles. The Balaban J connectivity index is 2.25. The Morgan fingerprint density at radius 2 is 1.94 bits per heavy atom. The Bertz CT molecular complexity index is 673. The van der Waals surface area contributed by atoms with Gasteiger partial charge in [-0.15, -0.1) is 0 Å². The van der Waals surface area contributed by atoms with Crippen LogP contribution in [0.25, 0.3) is 22.4 Å². The van der Waals surface area contributed by atoms with Gasteiger partial charge >= 0.3 is 0 Å². The molecule has 0 aliphatic rings. The van der Waals surface area contributed by atoms with E-state index in [9.17, 15) is 4.39 Å². The number of methoxy groups -OCH3 is 1. The molecule has 0 atom stereocenters. The fourth-order valence-electron chi connectivity index (χ4n) is 1.98. The third-order valence-electron chi connectivity index (χ3n) is 2.82. The van der Waals surface area contributed by atoms with Gasteiger partial charge in [0.05, 0.1) is 23.7 Å². The van der Waals surface area contributed by atoms with Crippen molar-refractivity contribution in [3.8, 4) is 17.1 Å². The largest absolute Gasteiger partial charge is 0.496 e. The van der Waals surface area contributed by atoms with Crippen molar-refractivity contribution in [2.75, 3.05) is 7.11 Å². The van der Waals surface area contributed by atoms with E-state index in [1.807, 2.05) is 24.3 Å². The molecule has 3 aromatic rings. The third kappa shape index (κ3) is 1.62.